The molecule has 0 unspecified atom stereocenters. The molecule has 122 heavy (non-hydrogen) atoms. The Morgan fingerprint density at radius 3 is 0.754 bits per heavy atom. The van der Waals surface area contributed by atoms with E-state index in [2.05, 4.69) is 235 Å². The molecular weight excluding hydrogens is 1760 g/mol. The largest absolute Gasteiger partial charge is 0.480 e. The van der Waals surface area contributed by atoms with Crippen LogP contribution < -0.4 is 38.1 Å². The second-order valence-corrected chi connectivity index (χ2v) is 33.8. The van der Waals surface area contributed by atoms with Gasteiger partial charge < -0.3 is 58.5 Å². The third kappa shape index (κ3) is 36.9. The molecule has 0 aromatic rings. The Balaban J connectivity index is -0.000000294. The van der Waals surface area contributed by atoms with Gasteiger partial charge in [-0.25, -0.2) is 14.4 Å². The van der Waals surface area contributed by atoms with E-state index >= 15 is 0 Å². The van der Waals surface area contributed by atoms with Crippen molar-refractivity contribution < 1.29 is 105 Å². The Morgan fingerprint density at radius 1 is 0.361 bits per heavy atom. The topological polar surface area (TPSA) is 348 Å². The predicted molar refractivity (Wildman–Crippen MR) is 510 cm³/mol. The maximum absolute atomic E-state index is 13.2. The average Bonchev–Trinajstić information content (AvgIpc) is 1.67. The maximum Gasteiger partial charge on any atom is 0.414 e. The summed E-state index contributed by atoms with van der Waals surface area (Å²) in [6.07, 6.45) is 18.5. The molecule has 5 aliphatic rings. The molecule has 0 aromatic carbocycles. The van der Waals surface area contributed by atoms with Gasteiger partial charge in [0.15, 0.2) is 0 Å². The number of quaternary nitrogens is 1. The molecule has 5 aliphatic carbocycles. The Hall–Kier alpha value is -6.33. The Bertz CT molecular complexity index is 3510. The fraction of sp³-hybridized carbons (Fsp3) is 0.710. The van der Waals surface area contributed by atoms with E-state index < -0.39 is 48.0 Å². The van der Waals surface area contributed by atoms with Gasteiger partial charge in [0.05, 0.1) is 6.54 Å². The minimum absolute atomic E-state index is 0. The minimum Gasteiger partial charge on any atom is -0.480 e. The van der Waals surface area contributed by atoms with E-state index in [1.165, 1.54) is 111 Å². The van der Waals surface area contributed by atoms with Crippen LogP contribution in [0.15, 0.2) is 111 Å². The summed E-state index contributed by atoms with van der Waals surface area (Å²) in [6.45, 7) is 70.1. The number of amides is 5. The van der Waals surface area contributed by atoms with Gasteiger partial charge in [0.2, 0.25) is 29.5 Å². The third-order valence-corrected chi connectivity index (χ3v) is 27.9. The normalized spacial score (nSPS) is 17.3. The molecule has 0 heterocycles. The molecule has 0 aliphatic heterocycles. The van der Waals surface area contributed by atoms with Crippen LogP contribution in [0.2, 0.25) is 0 Å². The molecule has 700 valence electrons. The summed E-state index contributed by atoms with van der Waals surface area (Å²) in [6, 6.07) is -2.39. The number of carbonyl (C=O) groups is 9. The van der Waals surface area contributed by atoms with Gasteiger partial charge in [-0.2, -0.15) is 0 Å². The second-order valence-electron chi connectivity index (χ2n) is 33.8. The first-order valence-corrected chi connectivity index (χ1v) is 43.7. The standard InChI is InChI=1S/C32H52N2O2.C31H51N3O2.C20H33NO3.C7H15NO2.C2H2O4.3C2H6.2CH4.BH.U/c1-12-13-14-15-28(30(36)33-19-18-32(11)26(8)22(4)23(5)27(32)9)34-29(35)16-17-31(10)24(6)20(2)21(3)25(31)7;1-19-20(2)24(6)30(9,23(19)5)15-14-28(35)34-27(13-11-12-17-32)29(36)33-18-16-31(10)25(7)21(3)22(4)26(31)8;1-7-8-9-10-17(19(23)24)21-18(22)11-12-20(6)15(4)13(2)14(3)16(20)5;1-2-3-4-5-6(8)7(9)10;3-1(4)2(5)6;3*1-2;;;;/h28H,12-19H2,1-11H3,(H,33,36)(H,34,35);27H,11-18,32H2,1-10H3,(H,33,36)(H,34,35);17H,7-12H2,1-6H3,(H,21,22)(H,23,24);6H,2-5,8H2,1H3,(H,9,10);(H,3,4)(H,5,6);3*1-2H3;2*1H4;1H;/p+1/t28-;27-;17-;6-;;;;;;;;/m0000......../s1/i;;;;;3*1D;;;1D;. The van der Waals surface area contributed by atoms with Gasteiger partial charge in [-0.15, -0.1) is 0 Å². The predicted octanol–water partition coefficient (Wildman–Crippen LogP) is 21.7. The third-order valence-electron chi connectivity index (χ3n) is 27.9. The molecule has 4 atom stereocenters. The molecule has 0 saturated heterocycles. The first-order valence-electron chi connectivity index (χ1n) is 46.4. The number of allylic oxidation sites excluding steroid dienone is 20. The molecule has 14 N–H and O–H groups in total. The molecule has 22 heteroatoms. The zero-order chi connectivity index (χ0) is 96.6. The van der Waals surface area contributed by atoms with Crippen LogP contribution >= 0.6 is 0 Å². The summed E-state index contributed by atoms with van der Waals surface area (Å²) >= 11 is 0. The van der Waals surface area contributed by atoms with E-state index in [4.69, 9.17) is 36.1 Å². The molecule has 0 saturated carbocycles. The first kappa shape index (κ1) is 120. The summed E-state index contributed by atoms with van der Waals surface area (Å²) in [4.78, 5) is 104. The van der Waals surface area contributed by atoms with Gasteiger partial charge in [-0.3, -0.25) is 28.8 Å². The van der Waals surface area contributed by atoms with Crippen LogP contribution in [-0.2, 0) is 43.2 Å². The molecule has 2 radical (unpaired) electrons. The van der Waals surface area contributed by atoms with Gasteiger partial charge >= 0.3 is 23.9 Å². The van der Waals surface area contributed by atoms with E-state index in [1.807, 2.05) is 0 Å². The summed E-state index contributed by atoms with van der Waals surface area (Å²) in [7, 11) is 3.75. The van der Waals surface area contributed by atoms with E-state index in [-0.39, 0.29) is 103 Å². The van der Waals surface area contributed by atoms with Crippen molar-refractivity contribution >= 4 is 61.8 Å². The van der Waals surface area contributed by atoms with Crippen molar-refractivity contribution in [2.24, 2.45) is 32.8 Å². The number of hydrogen-bond acceptors (Lipinski definition) is 10. The zero-order valence-corrected chi connectivity index (χ0v) is 85.3. The second kappa shape index (κ2) is 62.7. The molecule has 5 rings (SSSR count). The first-order chi connectivity index (χ1) is 57.1. The van der Waals surface area contributed by atoms with Crippen molar-refractivity contribution in [2.45, 2.75) is 422 Å². The Morgan fingerprint density at radius 2 is 0.557 bits per heavy atom. The summed E-state index contributed by atoms with van der Waals surface area (Å²) in [5.74, 6) is -5.84. The Kier molecular flexibility index (Phi) is 61.6. The van der Waals surface area contributed by atoms with Crippen LogP contribution in [-0.4, -0.2) is 127 Å². The molecule has 0 bridgehead atoms. The molecule has 20 nitrogen and oxygen atoms in total. The fourth-order valence-electron chi connectivity index (χ4n) is 16.5. The zero-order valence-electron chi connectivity index (χ0n) is 85.1. The van der Waals surface area contributed by atoms with E-state index in [0.29, 0.717) is 85.2 Å². The fourth-order valence-corrected chi connectivity index (χ4v) is 16.5. The molecule has 5 amide bonds. The van der Waals surface area contributed by atoms with Gasteiger partial charge in [0.1, 0.15) is 24.2 Å². The average molecular weight is 1940 g/mol. The summed E-state index contributed by atoms with van der Waals surface area (Å²) in [5.41, 5.74) is 36.1. The van der Waals surface area contributed by atoms with Crippen LogP contribution in [0.4, 0.5) is 0 Å². The Labute approximate surface area is 775 Å². The maximum atomic E-state index is 13.2. The number of nitrogens with one attached hydrogen (secondary N) is 5. The SMILES string of the molecule is C.C.CC1=C(C)C(C)(CCNC(=O)[C@H](CCCC[NH3+])NC(=O)CCC2(C)C(C)=C(C)C(C)=C2C)C(C)=C1C.CCCCC[C@H](N)C(=O)O.CCCCC[C@H](NC(=O)CCC1(C)C(C)=C(C)C(C)=C1C)C(=O)NCCC1(C)C(C)=C(C)C(C)=C1C.CCCCC[C@H](NC(=O)CCC1(C)C(C)=C(C)C(C)=C1C)C(=O)O.O=C(O)C(=O)O.[2H]CC.[2H]CC.[2H]CC.[2H][B].[U]. The van der Waals surface area contributed by atoms with Gasteiger partial charge in [0, 0.05) is 103 Å². The number of unbranched alkanes of at least 4 members (excludes halogenated alkanes) is 7. The van der Waals surface area contributed by atoms with Crippen LogP contribution in [0.25, 0.3) is 0 Å². The smallest absolute Gasteiger partial charge is 0.414 e. The number of hydrogen-bond donors (Lipinski definition) is 11. The van der Waals surface area contributed by atoms with E-state index in [1.54, 1.807) is 20.8 Å². The number of nitrogens with two attached hydrogens (primary N) is 1. The van der Waals surface area contributed by atoms with Crippen molar-refractivity contribution in [1.82, 2.24) is 26.6 Å². The quantitative estimate of drug-likeness (QED) is 0.0156. The molecular formula is C100H181BN7O13U+. The molecule has 0 fully saturated rings. The molecule has 0 aromatic heterocycles. The number of aliphatic carboxylic acids is 4. The minimum atomic E-state index is -1.82. The summed E-state index contributed by atoms with van der Waals surface area (Å²) < 4.78 is 23.9. The van der Waals surface area contributed by atoms with Crippen molar-refractivity contribution in [1.29, 1.82) is 1.34 Å². The van der Waals surface area contributed by atoms with Gasteiger partial charge in [0.25, 0.3) is 0 Å². The number of carbonyl (C=O) groups excluding carboxylic acids is 5. The summed E-state index contributed by atoms with van der Waals surface area (Å²) in [5, 5.41) is 47.6. The van der Waals surface area contributed by atoms with Gasteiger partial charge in [-0.05, 0) is 266 Å². The van der Waals surface area contributed by atoms with Crippen LogP contribution in [0.5, 0.6) is 0 Å². The van der Waals surface area contributed by atoms with Crippen molar-refractivity contribution in [3.8, 4) is 0 Å². The van der Waals surface area contributed by atoms with Crippen molar-refractivity contribution in [2.75, 3.05) is 19.6 Å². The number of carboxylic acid groups (broad SMARTS) is 4. The number of carboxylic acids is 4. The van der Waals surface area contributed by atoms with E-state index in [0.717, 1.165) is 103 Å². The van der Waals surface area contributed by atoms with Crippen LogP contribution in [0, 0.1) is 58.2 Å². The molecule has 0 spiro atoms. The monoisotopic (exact) mass is 1940 g/mol. The van der Waals surface area contributed by atoms with E-state index in [9.17, 15) is 38.7 Å². The van der Waals surface area contributed by atoms with Crippen molar-refractivity contribution in [3.05, 3.63) is 111 Å². The van der Waals surface area contributed by atoms with Gasteiger partial charge in [-0.1, -0.05) is 225 Å². The number of rotatable bonds is 38. The van der Waals surface area contributed by atoms with Crippen LogP contribution in [0.1, 0.15) is 402 Å². The van der Waals surface area contributed by atoms with Crippen molar-refractivity contribution in [3.63, 3.8) is 0 Å². The van der Waals surface area contributed by atoms with Crippen LogP contribution in [0.3, 0.4) is 0 Å².